The van der Waals surface area contributed by atoms with Gasteiger partial charge in [0.15, 0.2) is 11.5 Å². The molecule has 20 heavy (non-hydrogen) atoms. The summed E-state index contributed by atoms with van der Waals surface area (Å²) < 4.78 is 11.0. The predicted molar refractivity (Wildman–Crippen MR) is 81.4 cm³/mol. The molecule has 2 N–H and O–H groups in total. The Kier molecular flexibility index (Phi) is 6.82. The van der Waals surface area contributed by atoms with Crippen LogP contribution in [0.4, 0.5) is 0 Å². The van der Waals surface area contributed by atoms with Gasteiger partial charge in [0.05, 0.1) is 20.3 Å². The third kappa shape index (κ3) is 3.87. The molecule has 114 valence electrons. The van der Waals surface area contributed by atoms with Gasteiger partial charge in [-0.1, -0.05) is 26.0 Å². The highest BCUT2D eigenvalue weighted by Crippen LogP contribution is 2.31. The highest BCUT2D eigenvalue weighted by atomic mass is 16.5. The van der Waals surface area contributed by atoms with Crippen molar-refractivity contribution < 1.29 is 14.6 Å². The van der Waals surface area contributed by atoms with Gasteiger partial charge in [-0.2, -0.15) is 0 Å². The zero-order chi connectivity index (χ0) is 15.0. The number of benzene rings is 1. The molecule has 0 fully saturated rings. The van der Waals surface area contributed by atoms with Crippen LogP contribution in [0.25, 0.3) is 0 Å². The highest BCUT2D eigenvalue weighted by Gasteiger charge is 2.24. The third-order valence-corrected chi connectivity index (χ3v) is 3.87. The molecule has 4 heteroatoms. The first-order chi connectivity index (χ1) is 9.66. The molecule has 0 saturated carbocycles. The van der Waals surface area contributed by atoms with Gasteiger partial charge in [-0.25, -0.2) is 0 Å². The molecule has 1 aromatic rings. The predicted octanol–water partition coefficient (Wildman–Crippen LogP) is 2.73. The maximum absolute atomic E-state index is 9.60. The Morgan fingerprint density at radius 3 is 2.40 bits per heavy atom. The van der Waals surface area contributed by atoms with Crippen molar-refractivity contribution in [1.82, 2.24) is 5.32 Å². The van der Waals surface area contributed by atoms with E-state index in [-0.39, 0.29) is 12.1 Å². The van der Waals surface area contributed by atoms with E-state index in [0.717, 1.165) is 29.9 Å². The maximum atomic E-state index is 9.60. The van der Waals surface area contributed by atoms with Crippen molar-refractivity contribution in [1.29, 1.82) is 0 Å². The van der Waals surface area contributed by atoms with Gasteiger partial charge in [0.2, 0.25) is 0 Å². The second-order valence-electron chi connectivity index (χ2n) is 4.88. The van der Waals surface area contributed by atoms with Crippen LogP contribution in [0, 0.1) is 0 Å². The minimum atomic E-state index is -0.230. The van der Waals surface area contributed by atoms with Gasteiger partial charge in [-0.3, -0.25) is 0 Å². The zero-order valence-corrected chi connectivity index (χ0v) is 13.0. The van der Waals surface area contributed by atoms with E-state index in [1.54, 1.807) is 7.11 Å². The lowest BCUT2D eigenvalue weighted by molar-refractivity contribution is 0.149. The minimum absolute atomic E-state index is 0.132. The summed E-state index contributed by atoms with van der Waals surface area (Å²) in [5.41, 5.74) is 0.810. The van der Waals surface area contributed by atoms with Crippen LogP contribution in [0.1, 0.15) is 39.2 Å². The molecule has 0 aromatic heterocycles. The van der Waals surface area contributed by atoms with Crippen LogP contribution in [-0.2, 0) is 6.54 Å². The van der Waals surface area contributed by atoms with Crippen LogP contribution in [0.5, 0.6) is 11.5 Å². The normalized spacial score (nSPS) is 11.4. The van der Waals surface area contributed by atoms with E-state index in [2.05, 4.69) is 19.2 Å². The number of rotatable bonds is 9. The molecule has 0 amide bonds. The zero-order valence-electron chi connectivity index (χ0n) is 13.0. The molecule has 0 atom stereocenters. The Morgan fingerprint density at radius 2 is 1.90 bits per heavy atom. The van der Waals surface area contributed by atoms with Gasteiger partial charge in [0.25, 0.3) is 0 Å². The van der Waals surface area contributed by atoms with Crippen LogP contribution in [0.15, 0.2) is 18.2 Å². The Bertz CT molecular complexity index is 394. The first-order valence-corrected chi connectivity index (χ1v) is 7.30. The van der Waals surface area contributed by atoms with Gasteiger partial charge < -0.3 is 19.9 Å². The first kappa shape index (κ1) is 16.8. The molecule has 1 aromatic carbocycles. The van der Waals surface area contributed by atoms with E-state index in [0.29, 0.717) is 13.2 Å². The van der Waals surface area contributed by atoms with Crippen molar-refractivity contribution in [2.24, 2.45) is 0 Å². The van der Waals surface area contributed by atoms with Crippen LogP contribution < -0.4 is 14.8 Å². The summed E-state index contributed by atoms with van der Waals surface area (Å²) in [5, 5.41) is 13.1. The number of hydrogen-bond acceptors (Lipinski definition) is 4. The number of hydrogen-bond donors (Lipinski definition) is 2. The number of aliphatic hydroxyl groups excluding tert-OH is 1. The highest BCUT2D eigenvalue weighted by molar-refractivity contribution is 5.46. The Labute approximate surface area is 122 Å². The molecule has 0 spiro atoms. The topological polar surface area (TPSA) is 50.7 Å². The van der Waals surface area contributed by atoms with Gasteiger partial charge in [0, 0.05) is 17.6 Å². The summed E-state index contributed by atoms with van der Waals surface area (Å²) >= 11 is 0. The standard InChI is InChI=1S/C16H27NO3/c1-5-16(6-2,12-18)17-11-13-9-8-10-14(20-7-3)15(13)19-4/h8-10,17-18H,5-7,11-12H2,1-4H3. The van der Waals surface area contributed by atoms with Crippen molar-refractivity contribution in [2.45, 2.75) is 45.7 Å². The van der Waals surface area contributed by atoms with Crippen molar-refractivity contribution in [3.63, 3.8) is 0 Å². The van der Waals surface area contributed by atoms with Crippen molar-refractivity contribution in [2.75, 3.05) is 20.3 Å². The van der Waals surface area contributed by atoms with Gasteiger partial charge in [-0.05, 0) is 25.8 Å². The number of ether oxygens (including phenoxy) is 2. The maximum Gasteiger partial charge on any atom is 0.165 e. The summed E-state index contributed by atoms with van der Waals surface area (Å²) in [6.45, 7) is 7.51. The lowest BCUT2D eigenvalue weighted by Crippen LogP contribution is -2.47. The summed E-state index contributed by atoms with van der Waals surface area (Å²) in [6, 6.07) is 5.88. The fraction of sp³-hybridized carbons (Fsp3) is 0.625. The molecule has 4 nitrogen and oxygen atoms in total. The summed E-state index contributed by atoms with van der Waals surface area (Å²) in [5.74, 6) is 1.53. The van der Waals surface area contributed by atoms with E-state index >= 15 is 0 Å². The minimum Gasteiger partial charge on any atom is -0.493 e. The molecular formula is C16H27NO3. The number of aliphatic hydroxyl groups is 1. The molecule has 0 aliphatic carbocycles. The van der Waals surface area contributed by atoms with E-state index in [1.807, 2.05) is 25.1 Å². The quantitative estimate of drug-likeness (QED) is 0.731. The molecule has 0 heterocycles. The molecule has 0 aliphatic heterocycles. The third-order valence-electron chi connectivity index (χ3n) is 3.87. The van der Waals surface area contributed by atoms with Crippen molar-refractivity contribution in [3.05, 3.63) is 23.8 Å². The second kappa shape index (κ2) is 8.12. The number of nitrogens with one attached hydrogen (secondary N) is 1. The molecule has 0 aliphatic rings. The van der Waals surface area contributed by atoms with Gasteiger partial charge in [0.1, 0.15) is 0 Å². The fourth-order valence-corrected chi connectivity index (χ4v) is 2.26. The number of para-hydroxylation sites is 1. The average Bonchev–Trinajstić information content (AvgIpc) is 2.50. The molecule has 1 rings (SSSR count). The van der Waals surface area contributed by atoms with Crippen LogP contribution in [0.3, 0.4) is 0 Å². The van der Waals surface area contributed by atoms with Crippen molar-refractivity contribution in [3.8, 4) is 11.5 Å². The monoisotopic (exact) mass is 281 g/mol. The number of methoxy groups -OCH3 is 1. The largest absolute Gasteiger partial charge is 0.493 e. The van der Waals surface area contributed by atoms with Crippen LogP contribution in [-0.4, -0.2) is 31.0 Å². The lowest BCUT2D eigenvalue weighted by Gasteiger charge is -2.31. The van der Waals surface area contributed by atoms with Gasteiger partial charge >= 0.3 is 0 Å². The fourth-order valence-electron chi connectivity index (χ4n) is 2.26. The van der Waals surface area contributed by atoms with Crippen LogP contribution in [0.2, 0.25) is 0 Å². The Balaban J connectivity index is 2.89. The molecule has 0 radical (unpaired) electrons. The lowest BCUT2D eigenvalue weighted by atomic mass is 9.93. The van der Waals surface area contributed by atoms with E-state index in [1.165, 1.54) is 0 Å². The van der Waals surface area contributed by atoms with Crippen LogP contribution >= 0.6 is 0 Å². The Hall–Kier alpha value is -1.26. The van der Waals surface area contributed by atoms with Gasteiger partial charge in [-0.15, -0.1) is 0 Å². The second-order valence-corrected chi connectivity index (χ2v) is 4.88. The smallest absolute Gasteiger partial charge is 0.165 e. The molecule has 0 unspecified atom stereocenters. The first-order valence-electron chi connectivity index (χ1n) is 7.30. The summed E-state index contributed by atoms with van der Waals surface area (Å²) in [6.07, 6.45) is 1.76. The molecular weight excluding hydrogens is 254 g/mol. The summed E-state index contributed by atoms with van der Waals surface area (Å²) in [7, 11) is 1.65. The summed E-state index contributed by atoms with van der Waals surface area (Å²) in [4.78, 5) is 0. The SMILES string of the molecule is CCOc1cccc(CNC(CC)(CC)CO)c1OC. The Morgan fingerprint density at radius 1 is 1.20 bits per heavy atom. The van der Waals surface area contributed by atoms with E-state index < -0.39 is 0 Å². The van der Waals surface area contributed by atoms with E-state index in [9.17, 15) is 5.11 Å². The van der Waals surface area contributed by atoms with E-state index in [4.69, 9.17) is 9.47 Å². The average molecular weight is 281 g/mol. The molecule has 0 bridgehead atoms. The molecule has 0 saturated heterocycles. The van der Waals surface area contributed by atoms with Crippen molar-refractivity contribution >= 4 is 0 Å².